The van der Waals surface area contributed by atoms with Gasteiger partial charge in [0.05, 0.1) is 19.0 Å². The highest BCUT2D eigenvalue weighted by Gasteiger charge is 2.36. The van der Waals surface area contributed by atoms with Crippen LogP contribution in [0, 0.1) is 5.41 Å². The van der Waals surface area contributed by atoms with E-state index >= 15 is 0 Å². The van der Waals surface area contributed by atoms with Gasteiger partial charge in [-0.1, -0.05) is 13.8 Å². The second-order valence-electron chi connectivity index (χ2n) is 8.42. The summed E-state index contributed by atoms with van der Waals surface area (Å²) in [5.41, 5.74) is -2.47. The Kier molecular flexibility index (Phi) is 10.4. The van der Waals surface area contributed by atoms with Crippen LogP contribution in [0.1, 0.15) is 19.5 Å². The van der Waals surface area contributed by atoms with Gasteiger partial charge in [-0.2, -0.15) is 30.6 Å². The van der Waals surface area contributed by atoms with E-state index in [4.69, 9.17) is 0 Å². The third kappa shape index (κ3) is 10.8. The number of anilines is 1. The minimum atomic E-state index is -4.93. The molecule has 35 heavy (non-hydrogen) atoms. The highest BCUT2D eigenvalue weighted by atomic mass is 32.2. The van der Waals surface area contributed by atoms with Gasteiger partial charge >= 0.3 is 12.4 Å². The molecule has 0 radical (unpaired) electrons. The van der Waals surface area contributed by atoms with Crippen molar-refractivity contribution in [2.45, 2.75) is 31.1 Å². The van der Waals surface area contributed by atoms with Gasteiger partial charge < -0.3 is 15.2 Å². The Bertz CT molecular complexity index is 1060. The molecule has 9 nitrogen and oxygen atoms in total. The quantitative estimate of drug-likeness (QED) is 0.278. The molecule has 2 N–H and O–H groups in total. The number of nitrogens with one attached hydrogen (secondary N) is 1. The lowest BCUT2D eigenvalue weighted by atomic mass is 9.96. The first-order valence-corrected chi connectivity index (χ1v) is 13.4. The van der Waals surface area contributed by atoms with Crippen LogP contribution in [0.15, 0.2) is 17.0 Å². The van der Waals surface area contributed by atoms with E-state index in [1.165, 1.54) is 13.8 Å². The van der Waals surface area contributed by atoms with Crippen molar-refractivity contribution in [2.75, 3.05) is 56.8 Å². The van der Waals surface area contributed by atoms with Crippen LogP contribution in [0.25, 0.3) is 0 Å². The van der Waals surface area contributed by atoms with E-state index in [-0.39, 0.29) is 12.3 Å². The molecule has 0 spiro atoms. The van der Waals surface area contributed by atoms with Crippen molar-refractivity contribution in [1.82, 2.24) is 9.29 Å². The summed E-state index contributed by atoms with van der Waals surface area (Å²) in [6.07, 6.45) is -8.63. The molecule has 0 unspecified atom stereocenters. The average Bonchev–Trinajstić information content (AvgIpc) is 2.65. The van der Waals surface area contributed by atoms with E-state index in [1.807, 2.05) is 0 Å². The van der Waals surface area contributed by atoms with Gasteiger partial charge in [-0.3, -0.25) is 0 Å². The number of sulfone groups is 1. The lowest BCUT2D eigenvalue weighted by molar-refractivity contribution is -0.174. The zero-order chi connectivity index (χ0) is 27.3. The molecule has 0 saturated carbocycles. The maximum atomic E-state index is 13.2. The van der Waals surface area contributed by atoms with Crippen molar-refractivity contribution in [2.24, 2.45) is 5.41 Å². The molecule has 0 bridgehead atoms. The van der Waals surface area contributed by atoms with Crippen LogP contribution in [-0.4, -0.2) is 88.9 Å². The second-order valence-corrected chi connectivity index (χ2v) is 12.5. The van der Waals surface area contributed by atoms with Crippen LogP contribution in [0.3, 0.4) is 0 Å². The minimum absolute atomic E-state index is 0.286. The number of pyridine rings is 1. The Morgan fingerprint density at radius 1 is 1.06 bits per heavy atom. The highest BCUT2D eigenvalue weighted by molar-refractivity contribution is 7.90. The number of aromatic nitrogens is 1. The Hall–Kier alpha value is -1.69. The molecule has 17 heteroatoms. The number of hydrogen-bond acceptors (Lipinski definition) is 8. The van der Waals surface area contributed by atoms with E-state index in [0.717, 1.165) is 6.26 Å². The number of sulfonamides is 1. The Morgan fingerprint density at radius 3 is 2.14 bits per heavy atom. The summed E-state index contributed by atoms with van der Waals surface area (Å²) in [6.45, 7) is -1.64. The van der Waals surface area contributed by atoms with Gasteiger partial charge in [0.2, 0.25) is 10.0 Å². The minimum Gasteiger partial charge on any atom is -0.395 e. The molecule has 0 amide bonds. The number of aliphatic hydroxyl groups excluding tert-OH is 1. The molecule has 0 aromatic carbocycles. The van der Waals surface area contributed by atoms with Crippen LogP contribution < -0.4 is 5.32 Å². The number of rotatable bonds is 13. The SMILES string of the molecule is CC(C)(CNc1nc(C(F)(F)F)ccc1S(=O)(=O)N(CCO)CCOCC(F)(F)F)CS(C)(=O)=O. The maximum Gasteiger partial charge on any atom is 0.433 e. The molecule has 0 aliphatic heterocycles. The number of ether oxygens (including phenoxy) is 1. The second kappa shape index (κ2) is 11.6. The van der Waals surface area contributed by atoms with Crippen molar-refractivity contribution in [3.05, 3.63) is 17.8 Å². The standard InChI is InChI=1S/C18H27F6N3O6S2/c1-16(2,12-34(3,29)30)10-25-15-13(4-5-14(26-15)18(22,23)24)35(31,32)27(6-8-28)7-9-33-11-17(19,20)21/h4-5,28H,6-12H2,1-3H3,(H,25,26). The lowest BCUT2D eigenvalue weighted by Crippen LogP contribution is -2.38. The van der Waals surface area contributed by atoms with Gasteiger partial charge in [0.15, 0.2) is 0 Å². The van der Waals surface area contributed by atoms with Gasteiger partial charge in [-0.05, 0) is 17.5 Å². The molecule has 1 aromatic rings. The van der Waals surface area contributed by atoms with E-state index in [9.17, 15) is 48.3 Å². The van der Waals surface area contributed by atoms with Crippen LogP contribution in [0.5, 0.6) is 0 Å². The predicted octanol–water partition coefficient (Wildman–Crippen LogP) is 2.15. The van der Waals surface area contributed by atoms with Crippen LogP contribution in [-0.2, 0) is 30.8 Å². The van der Waals surface area contributed by atoms with E-state index in [1.54, 1.807) is 0 Å². The molecule has 0 fully saturated rings. The fourth-order valence-corrected chi connectivity index (χ4v) is 6.02. The molecule has 1 heterocycles. The first-order valence-electron chi connectivity index (χ1n) is 9.93. The summed E-state index contributed by atoms with van der Waals surface area (Å²) < 4.78 is 131. The third-order valence-corrected chi connectivity index (χ3v) is 7.49. The molecule has 0 saturated heterocycles. The van der Waals surface area contributed by atoms with Gasteiger partial charge in [0, 0.05) is 25.9 Å². The Balaban J connectivity index is 3.33. The van der Waals surface area contributed by atoms with Gasteiger partial charge in [0.25, 0.3) is 0 Å². The Morgan fingerprint density at radius 2 is 1.66 bits per heavy atom. The van der Waals surface area contributed by atoms with Gasteiger partial charge in [-0.25, -0.2) is 21.8 Å². The number of hydrogen-bond donors (Lipinski definition) is 2. The molecular weight excluding hydrogens is 532 g/mol. The fraction of sp³-hybridized carbons (Fsp3) is 0.722. The van der Waals surface area contributed by atoms with Crippen molar-refractivity contribution in [1.29, 1.82) is 0 Å². The molecule has 0 aliphatic rings. The summed E-state index contributed by atoms with van der Waals surface area (Å²) in [6, 6.07) is 1.04. The summed E-state index contributed by atoms with van der Waals surface area (Å²) in [7, 11) is -8.16. The van der Waals surface area contributed by atoms with Crippen molar-refractivity contribution in [3.8, 4) is 0 Å². The zero-order valence-electron chi connectivity index (χ0n) is 19.1. The monoisotopic (exact) mass is 559 g/mol. The van der Waals surface area contributed by atoms with Crippen LogP contribution >= 0.6 is 0 Å². The molecule has 0 atom stereocenters. The first kappa shape index (κ1) is 31.3. The van der Waals surface area contributed by atoms with E-state index in [2.05, 4.69) is 15.0 Å². The maximum absolute atomic E-state index is 13.2. The smallest absolute Gasteiger partial charge is 0.395 e. The number of halogens is 6. The normalized spacial score (nSPS) is 13.9. The summed E-state index contributed by atoms with van der Waals surface area (Å²) in [5, 5.41) is 11.7. The van der Waals surface area contributed by atoms with E-state index < -0.39 is 86.9 Å². The first-order chi connectivity index (χ1) is 15.7. The zero-order valence-corrected chi connectivity index (χ0v) is 20.7. The number of aliphatic hydroxyl groups is 1. The van der Waals surface area contributed by atoms with Crippen LogP contribution in [0.2, 0.25) is 0 Å². The summed E-state index contributed by atoms with van der Waals surface area (Å²) in [4.78, 5) is 2.60. The highest BCUT2D eigenvalue weighted by Crippen LogP contribution is 2.32. The Labute approximate surface area is 199 Å². The lowest BCUT2D eigenvalue weighted by Gasteiger charge is -2.26. The number of nitrogens with zero attached hydrogens (tertiary/aromatic N) is 2. The van der Waals surface area contributed by atoms with Crippen molar-refractivity contribution in [3.63, 3.8) is 0 Å². The third-order valence-electron chi connectivity index (χ3n) is 4.25. The largest absolute Gasteiger partial charge is 0.433 e. The molecular formula is C18H27F6N3O6S2. The number of alkyl halides is 6. The van der Waals surface area contributed by atoms with Crippen molar-refractivity contribution >= 4 is 25.7 Å². The molecule has 0 aliphatic carbocycles. The van der Waals surface area contributed by atoms with Crippen LogP contribution in [0.4, 0.5) is 32.2 Å². The molecule has 204 valence electrons. The van der Waals surface area contributed by atoms with E-state index in [0.29, 0.717) is 16.4 Å². The molecule has 1 rings (SSSR count). The fourth-order valence-electron chi connectivity index (χ4n) is 2.98. The van der Waals surface area contributed by atoms with Gasteiger partial charge in [0.1, 0.15) is 32.9 Å². The topological polar surface area (TPSA) is 126 Å². The average molecular weight is 560 g/mol. The molecule has 1 aromatic heterocycles. The van der Waals surface area contributed by atoms with Gasteiger partial charge in [-0.15, -0.1) is 0 Å². The van der Waals surface area contributed by atoms with Crippen molar-refractivity contribution < 1.29 is 53.0 Å². The predicted molar refractivity (Wildman–Crippen MR) is 114 cm³/mol. The summed E-state index contributed by atoms with van der Waals surface area (Å²) >= 11 is 0. The summed E-state index contributed by atoms with van der Waals surface area (Å²) in [5.74, 6) is -1.11.